The second kappa shape index (κ2) is 32.6. The predicted octanol–water partition coefficient (Wildman–Crippen LogP) is 9.07. The topological polar surface area (TPSA) is 117 Å². The van der Waals surface area contributed by atoms with Gasteiger partial charge in [0.1, 0.15) is 6.10 Å². The summed E-state index contributed by atoms with van der Waals surface area (Å²) in [7, 11) is -4.29. The van der Waals surface area contributed by atoms with Crippen LogP contribution in [0.5, 0.6) is 0 Å². The smallest absolute Gasteiger partial charge is 0.457 e. The Bertz CT molecular complexity index is 854. The number of esters is 1. The number of hydrogen-bond acceptors (Lipinski definition) is 7. The fraction of sp³-hybridized carbons (Fsp3) is 0.686. The summed E-state index contributed by atoms with van der Waals surface area (Å²) in [5.41, 5.74) is 5.32. The van der Waals surface area contributed by atoms with Crippen molar-refractivity contribution in [2.24, 2.45) is 5.73 Å². The molecule has 0 spiro atoms. The minimum absolute atomic E-state index is 0.0751. The summed E-state index contributed by atoms with van der Waals surface area (Å²) in [6.07, 6.45) is 36.9. The molecule has 0 rings (SSSR count). The minimum atomic E-state index is -4.29. The summed E-state index contributed by atoms with van der Waals surface area (Å²) >= 11 is 0. The van der Waals surface area contributed by atoms with Crippen LogP contribution in [0.25, 0.3) is 0 Å². The largest absolute Gasteiger partial charge is 0.472 e. The summed E-state index contributed by atoms with van der Waals surface area (Å²) < 4.78 is 33.0. The third kappa shape index (κ3) is 31.6. The first kappa shape index (κ1) is 42.2. The van der Waals surface area contributed by atoms with Crippen molar-refractivity contribution in [1.29, 1.82) is 0 Å². The zero-order valence-electron chi connectivity index (χ0n) is 27.6. The average molecular weight is 640 g/mol. The Kier molecular flexibility index (Phi) is 31.3. The molecule has 0 aliphatic rings. The van der Waals surface area contributed by atoms with Gasteiger partial charge in [0.15, 0.2) is 0 Å². The molecule has 44 heavy (non-hydrogen) atoms. The molecule has 2 atom stereocenters. The monoisotopic (exact) mass is 639 g/mol. The van der Waals surface area contributed by atoms with Crippen LogP contribution in [0.1, 0.15) is 117 Å². The van der Waals surface area contributed by atoms with Crippen LogP contribution >= 0.6 is 7.82 Å². The van der Waals surface area contributed by atoms with Gasteiger partial charge in [-0.1, -0.05) is 132 Å². The molecule has 254 valence electrons. The highest BCUT2D eigenvalue weighted by Gasteiger charge is 2.25. The highest BCUT2D eigenvalue weighted by Crippen LogP contribution is 2.43. The molecular formula is C35H62NO7P. The summed E-state index contributed by atoms with van der Waals surface area (Å²) in [5.74, 6) is -0.460. The third-order valence-electron chi connectivity index (χ3n) is 6.48. The van der Waals surface area contributed by atoms with Crippen LogP contribution < -0.4 is 5.73 Å². The number of unbranched alkanes of at least 4 members (excludes halogenated alkanes) is 9. The quantitative estimate of drug-likeness (QED) is 0.0334. The van der Waals surface area contributed by atoms with Crippen molar-refractivity contribution in [3.63, 3.8) is 0 Å². The summed E-state index contributed by atoms with van der Waals surface area (Å²) in [6, 6.07) is 0. The zero-order valence-corrected chi connectivity index (χ0v) is 28.5. The molecule has 8 nitrogen and oxygen atoms in total. The Balaban J connectivity index is 4.33. The lowest BCUT2D eigenvalue weighted by Gasteiger charge is -2.19. The Morgan fingerprint density at radius 1 is 0.682 bits per heavy atom. The van der Waals surface area contributed by atoms with Gasteiger partial charge < -0.3 is 20.1 Å². The standard InChI is InChI=1S/C35H62NO7P/c1-3-5-7-9-11-13-15-16-17-18-19-20-22-24-26-28-35(37)43-34(33-42-44(38,39)41-31-29-36)32-40-30-27-25-23-21-14-12-10-8-6-4-2/h5,7,11,13,16-17,19-20,24,26,34H,3-4,6,8-10,12,14-15,18,21-23,25,27-33,36H2,1-2H3,(H,38,39)/b7-5-,13-11-,17-16-,20-19-,26-24-. The summed E-state index contributed by atoms with van der Waals surface area (Å²) in [6.45, 7) is 4.63. The second-order valence-electron chi connectivity index (χ2n) is 10.7. The Hall–Kier alpha value is -1.80. The van der Waals surface area contributed by atoms with E-state index in [0.29, 0.717) is 13.0 Å². The van der Waals surface area contributed by atoms with E-state index in [1.165, 1.54) is 51.4 Å². The van der Waals surface area contributed by atoms with Crippen molar-refractivity contribution in [3.05, 3.63) is 60.8 Å². The lowest BCUT2D eigenvalue weighted by Crippen LogP contribution is -2.28. The van der Waals surface area contributed by atoms with E-state index in [4.69, 9.17) is 24.3 Å². The molecule has 0 fully saturated rings. The number of carbonyl (C=O) groups is 1. The van der Waals surface area contributed by atoms with Crippen molar-refractivity contribution in [1.82, 2.24) is 0 Å². The van der Waals surface area contributed by atoms with E-state index >= 15 is 0 Å². The van der Waals surface area contributed by atoms with Gasteiger partial charge in [0, 0.05) is 13.2 Å². The highest BCUT2D eigenvalue weighted by molar-refractivity contribution is 7.47. The van der Waals surface area contributed by atoms with Crippen LogP contribution in [0.4, 0.5) is 0 Å². The summed E-state index contributed by atoms with van der Waals surface area (Å²) in [4.78, 5) is 22.2. The molecule has 0 saturated heterocycles. The zero-order chi connectivity index (χ0) is 32.4. The average Bonchev–Trinajstić information content (AvgIpc) is 3.01. The number of ether oxygens (including phenoxy) is 2. The van der Waals surface area contributed by atoms with E-state index in [2.05, 4.69) is 62.5 Å². The Labute approximate surface area is 268 Å². The van der Waals surface area contributed by atoms with Crippen LogP contribution in [-0.4, -0.2) is 49.9 Å². The molecule has 0 heterocycles. The van der Waals surface area contributed by atoms with Crippen molar-refractivity contribution in [2.75, 3.05) is 33.0 Å². The molecule has 0 amide bonds. The molecule has 0 bridgehead atoms. The van der Waals surface area contributed by atoms with Gasteiger partial charge in [0.25, 0.3) is 0 Å². The van der Waals surface area contributed by atoms with E-state index in [1.807, 2.05) is 6.08 Å². The number of carbonyl (C=O) groups excluding carboxylic acids is 1. The normalized spacial score (nSPS) is 14.5. The van der Waals surface area contributed by atoms with Gasteiger partial charge in [0.2, 0.25) is 0 Å². The van der Waals surface area contributed by atoms with Gasteiger partial charge in [-0.3, -0.25) is 13.8 Å². The lowest BCUT2D eigenvalue weighted by molar-refractivity contribution is -0.153. The van der Waals surface area contributed by atoms with Gasteiger partial charge in [-0.25, -0.2) is 4.57 Å². The first-order chi connectivity index (χ1) is 21.4. The molecule has 0 aliphatic heterocycles. The first-order valence-corrected chi connectivity index (χ1v) is 18.3. The van der Waals surface area contributed by atoms with Crippen molar-refractivity contribution < 1.29 is 32.8 Å². The summed E-state index contributed by atoms with van der Waals surface area (Å²) in [5, 5.41) is 0. The molecule has 9 heteroatoms. The van der Waals surface area contributed by atoms with Crippen LogP contribution in [0, 0.1) is 0 Å². The first-order valence-electron chi connectivity index (χ1n) is 16.8. The van der Waals surface area contributed by atoms with E-state index in [9.17, 15) is 14.3 Å². The molecule has 0 aromatic heterocycles. The Morgan fingerprint density at radius 2 is 1.18 bits per heavy atom. The van der Waals surface area contributed by atoms with Crippen molar-refractivity contribution in [3.8, 4) is 0 Å². The number of phosphoric acid groups is 1. The predicted molar refractivity (Wildman–Crippen MR) is 182 cm³/mol. The molecule has 2 unspecified atom stereocenters. The van der Waals surface area contributed by atoms with Crippen molar-refractivity contribution >= 4 is 13.8 Å². The maximum Gasteiger partial charge on any atom is 0.472 e. The van der Waals surface area contributed by atoms with Crippen LogP contribution in [0.15, 0.2) is 60.8 Å². The van der Waals surface area contributed by atoms with Gasteiger partial charge in [-0.15, -0.1) is 0 Å². The van der Waals surface area contributed by atoms with Gasteiger partial charge in [-0.2, -0.15) is 0 Å². The number of allylic oxidation sites excluding steroid dienone is 9. The number of hydrogen-bond donors (Lipinski definition) is 2. The molecule has 0 aromatic carbocycles. The maximum absolute atomic E-state index is 12.4. The Morgan fingerprint density at radius 3 is 1.70 bits per heavy atom. The van der Waals surface area contributed by atoms with Gasteiger partial charge >= 0.3 is 13.8 Å². The van der Waals surface area contributed by atoms with E-state index < -0.39 is 19.9 Å². The van der Waals surface area contributed by atoms with Gasteiger partial charge in [0.05, 0.1) is 26.2 Å². The third-order valence-corrected chi connectivity index (χ3v) is 7.47. The van der Waals surface area contributed by atoms with E-state index in [-0.39, 0.29) is 32.8 Å². The van der Waals surface area contributed by atoms with Gasteiger partial charge in [-0.05, 0) is 38.5 Å². The lowest BCUT2D eigenvalue weighted by atomic mass is 10.1. The molecule has 0 saturated carbocycles. The molecule has 0 aromatic rings. The number of phosphoric ester groups is 1. The maximum atomic E-state index is 12.4. The SMILES string of the molecule is CC/C=C\C/C=C\C/C=C\C/C=C\C/C=C\CC(=O)OC(COCCCCCCCCCCCC)COP(=O)(O)OCCN. The van der Waals surface area contributed by atoms with Crippen LogP contribution in [0.3, 0.4) is 0 Å². The van der Waals surface area contributed by atoms with Crippen LogP contribution in [0.2, 0.25) is 0 Å². The fourth-order valence-electron chi connectivity index (χ4n) is 4.07. The molecule has 0 aliphatic carbocycles. The number of nitrogens with two attached hydrogens (primary N) is 1. The van der Waals surface area contributed by atoms with E-state index in [0.717, 1.165) is 38.5 Å². The molecule has 0 radical (unpaired) electrons. The fourth-order valence-corrected chi connectivity index (χ4v) is 4.83. The van der Waals surface area contributed by atoms with Crippen molar-refractivity contribution in [2.45, 2.75) is 123 Å². The molecular weight excluding hydrogens is 577 g/mol. The second-order valence-corrected chi connectivity index (χ2v) is 12.1. The highest BCUT2D eigenvalue weighted by atomic mass is 31.2. The van der Waals surface area contributed by atoms with Crippen LogP contribution in [-0.2, 0) is 27.9 Å². The minimum Gasteiger partial charge on any atom is -0.457 e. The molecule has 3 N–H and O–H groups in total. The number of rotatable bonds is 31. The van der Waals surface area contributed by atoms with E-state index in [1.54, 1.807) is 6.08 Å².